The van der Waals surface area contributed by atoms with Crippen molar-refractivity contribution in [3.8, 4) is 11.1 Å². The van der Waals surface area contributed by atoms with Crippen LogP contribution in [0.15, 0.2) is 54.6 Å². The quantitative estimate of drug-likeness (QED) is 0.886. The van der Waals surface area contributed by atoms with Crippen LogP contribution in [0.1, 0.15) is 25.8 Å². The summed E-state index contributed by atoms with van der Waals surface area (Å²) >= 11 is 0. The van der Waals surface area contributed by atoms with Crippen LogP contribution in [0, 0.1) is 0 Å². The lowest BCUT2D eigenvalue weighted by atomic mass is 9.86. The van der Waals surface area contributed by atoms with Crippen LogP contribution in [-0.4, -0.2) is 17.6 Å². The maximum atomic E-state index is 11.0. The summed E-state index contributed by atoms with van der Waals surface area (Å²) in [7, 11) is 0. The van der Waals surface area contributed by atoms with Gasteiger partial charge in [-0.15, -0.1) is 0 Å². The molecule has 0 radical (unpaired) electrons. The van der Waals surface area contributed by atoms with Crippen LogP contribution < -0.4 is 5.32 Å². The van der Waals surface area contributed by atoms with Gasteiger partial charge in [-0.1, -0.05) is 54.6 Å². The Balaban J connectivity index is 2.29. The van der Waals surface area contributed by atoms with Crippen LogP contribution in [0.2, 0.25) is 0 Å². The van der Waals surface area contributed by atoms with Crippen molar-refractivity contribution in [2.45, 2.75) is 25.9 Å². The molecule has 3 heteroatoms. The Labute approximate surface area is 125 Å². The summed E-state index contributed by atoms with van der Waals surface area (Å²) in [6.45, 7) is 3.72. The highest BCUT2D eigenvalue weighted by atomic mass is 16.3. The molecule has 21 heavy (non-hydrogen) atoms. The van der Waals surface area contributed by atoms with Crippen molar-refractivity contribution >= 4 is 5.91 Å². The molecular weight excluding hydrogens is 262 g/mol. The average Bonchev–Trinajstić information content (AvgIpc) is 2.47. The molecule has 1 amide bonds. The van der Waals surface area contributed by atoms with Crippen LogP contribution in [0.4, 0.5) is 0 Å². The zero-order valence-corrected chi connectivity index (χ0v) is 12.5. The van der Waals surface area contributed by atoms with E-state index in [9.17, 15) is 9.90 Å². The maximum Gasteiger partial charge on any atom is 0.216 e. The number of nitrogens with one attached hydrogen (secondary N) is 1. The highest BCUT2D eigenvalue weighted by molar-refractivity contribution is 5.72. The molecule has 1 atom stereocenters. The van der Waals surface area contributed by atoms with Crippen LogP contribution >= 0.6 is 0 Å². The number of hydrogen-bond acceptors (Lipinski definition) is 2. The standard InChI is InChI=1S/C18H21NO2/c1-14(20)19-13-12-18(2,21)17-11-7-6-10-16(17)15-8-4-3-5-9-15/h3-11,21H,12-13H2,1-2H3,(H,19,20). The summed E-state index contributed by atoms with van der Waals surface area (Å²) in [6.07, 6.45) is 0.469. The van der Waals surface area contributed by atoms with Gasteiger partial charge in [-0.2, -0.15) is 0 Å². The molecule has 0 aliphatic rings. The normalized spacial score (nSPS) is 13.5. The summed E-state index contributed by atoms with van der Waals surface area (Å²) in [5.74, 6) is -0.0813. The second-order valence-corrected chi connectivity index (χ2v) is 5.42. The number of carbonyl (C=O) groups excluding carboxylic acids is 1. The number of hydrogen-bond donors (Lipinski definition) is 2. The van der Waals surface area contributed by atoms with Gasteiger partial charge in [-0.05, 0) is 30.0 Å². The zero-order valence-electron chi connectivity index (χ0n) is 12.5. The van der Waals surface area contributed by atoms with E-state index in [1.54, 1.807) is 6.92 Å². The molecule has 1 unspecified atom stereocenters. The SMILES string of the molecule is CC(=O)NCCC(C)(O)c1ccccc1-c1ccccc1. The largest absolute Gasteiger partial charge is 0.385 e. The zero-order chi connectivity index (χ0) is 15.3. The molecule has 0 saturated carbocycles. The van der Waals surface area contributed by atoms with Crippen LogP contribution in [0.25, 0.3) is 11.1 Å². The number of carbonyl (C=O) groups is 1. The average molecular weight is 283 g/mol. The van der Waals surface area contributed by atoms with Crippen molar-refractivity contribution in [3.05, 3.63) is 60.2 Å². The molecule has 0 bridgehead atoms. The second kappa shape index (κ2) is 6.55. The Bertz CT molecular complexity index is 606. The lowest BCUT2D eigenvalue weighted by Gasteiger charge is -2.26. The molecule has 0 aliphatic heterocycles. The first-order valence-electron chi connectivity index (χ1n) is 7.12. The van der Waals surface area contributed by atoms with Gasteiger partial charge >= 0.3 is 0 Å². The third kappa shape index (κ3) is 3.92. The summed E-state index contributed by atoms with van der Waals surface area (Å²) in [6, 6.07) is 17.8. The molecule has 0 fully saturated rings. The fourth-order valence-corrected chi connectivity index (χ4v) is 2.44. The number of rotatable bonds is 5. The summed E-state index contributed by atoms with van der Waals surface area (Å²) in [5.41, 5.74) is 1.98. The Kier molecular flexibility index (Phi) is 4.76. The van der Waals surface area contributed by atoms with Crippen molar-refractivity contribution in [3.63, 3.8) is 0 Å². The van der Waals surface area contributed by atoms with E-state index in [1.165, 1.54) is 6.92 Å². The Hall–Kier alpha value is -2.13. The van der Waals surface area contributed by atoms with Crippen LogP contribution in [0.5, 0.6) is 0 Å². The summed E-state index contributed by atoms with van der Waals surface area (Å²) in [4.78, 5) is 11.0. The molecule has 2 N–H and O–H groups in total. The van der Waals surface area contributed by atoms with Crippen molar-refractivity contribution in [1.29, 1.82) is 0 Å². The minimum absolute atomic E-state index is 0.0813. The molecule has 0 aliphatic carbocycles. The highest BCUT2D eigenvalue weighted by Gasteiger charge is 2.25. The first-order chi connectivity index (χ1) is 10.0. The first-order valence-corrected chi connectivity index (χ1v) is 7.12. The predicted molar refractivity (Wildman–Crippen MR) is 84.7 cm³/mol. The summed E-state index contributed by atoms with van der Waals surface area (Å²) < 4.78 is 0. The van der Waals surface area contributed by atoms with Crippen molar-refractivity contribution in [1.82, 2.24) is 5.32 Å². The van der Waals surface area contributed by atoms with E-state index in [1.807, 2.05) is 54.6 Å². The molecule has 110 valence electrons. The predicted octanol–water partition coefficient (Wildman–Crippen LogP) is 3.09. The van der Waals surface area contributed by atoms with Gasteiger partial charge in [0.05, 0.1) is 5.60 Å². The molecule has 2 rings (SSSR count). The molecule has 3 nitrogen and oxygen atoms in total. The molecule has 0 heterocycles. The molecule has 2 aromatic carbocycles. The Morgan fingerprint density at radius 1 is 1.10 bits per heavy atom. The molecule has 0 saturated heterocycles. The Morgan fingerprint density at radius 2 is 1.71 bits per heavy atom. The van der Waals surface area contributed by atoms with E-state index in [0.29, 0.717) is 13.0 Å². The lowest BCUT2D eigenvalue weighted by Crippen LogP contribution is -2.30. The topological polar surface area (TPSA) is 49.3 Å². The lowest BCUT2D eigenvalue weighted by molar-refractivity contribution is -0.119. The van der Waals surface area contributed by atoms with Gasteiger partial charge < -0.3 is 10.4 Å². The molecule has 0 aromatic heterocycles. The van der Waals surface area contributed by atoms with Gasteiger partial charge in [0.25, 0.3) is 0 Å². The molecule has 0 spiro atoms. The van der Waals surface area contributed by atoms with E-state index in [2.05, 4.69) is 5.32 Å². The minimum Gasteiger partial charge on any atom is -0.385 e. The Morgan fingerprint density at radius 3 is 2.38 bits per heavy atom. The monoisotopic (exact) mass is 283 g/mol. The number of benzene rings is 2. The third-order valence-corrected chi connectivity index (χ3v) is 3.58. The van der Waals surface area contributed by atoms with Gasteiger partial charge in [-0.25, -0.2) is 0 Å². The van der Waals surface area contributed by atoms with Gasteiger partial charge in [0.2, 0.25) is 5.91 Å². The first kappa shape index (κ1) is 15.3. The summed E-state index contributed by atoms with van der Waals surface area (Å²) in [5, 5.41) is 13.5. The minimum atomic E-state index is -0.991. The van der Waals surface area contributed by atoms with Crippen LogP contribution in [0.3, 0.4) is 0 Å². The highest BCUT2D eigenvalue weighted by Crippen LogP contribution is 2.33. The maximum absolute atomic E-state index is 11.0. The van der Waals surface area contributed by atoms with Crippen molar-refractivity contribution in [2.75, 3.05) is 6.54 Å². The van der Waals surface area contributed by atoms with E-state index in [0.717, 1.165) is 16.7 Å². The fourth-order valence-electron chi connectivity index (χ4n) is 2.44. The molecular formula is C18H21NO2. The van der Waals surface area contributed by atoms with E-state index >= 15 is 0 Å². The second-order valence-electron chi connectivity index (χ2n) is 5.42. The smallest absolute Gasteiger partial charge is 0.216 e. The third-order valence-electron chi connectivity index (χ3n) is 3.58. The van der Waals surface area contributed by atoms with E-state index in [4.69, 9.17) is 0 Å². The van der Waals surface area contributed by atoms with Gasteiger partial charge in [-0.3, -0.25) is 4.79 Å². The van der Waals surface area contributed by atoms with Crippen molar-refractivity contribution in [2.24, 2.45) is 0 Å². The van der Waals surface area contributed by atoms with E-state index in [-0.39, 0.29) is 5.91 Å². The molecule has 2 aromatic rings. The van der Waals surface area contributed by atoms with E-state index < -0.39 is 5.60 Å². The van der Waals surface area contributed by atoms with Crippen LogP contribution in [-0.2, 0) is 10.4 Å². The van der Waals surface area contributed by atoms with Crippen molar-refractivity contribution < 1.29 is 9.90 Å². The van der Waals surface area contributed by atoms with Gasteiger partial charge in [0.1, 0.15) is 0 Å². The number of aliphatic hydroxyl groups is 1. The van der Waals surface area contributed by atoms with Gasteiger partial charge in [0.15, 0.2) is 0 Å². The fraction of sp³-hybridized carbons (Fsp3) is 0.278. The van der Waals surface area contributed by atoms with Gasteiger partial charge in [0, 0.05) is 13.5 Å². The number of amides is 1.